The maximum atomic E-state index is 12.5. The molecule has 0 spiro atoms. The highest BCUT2D eigenvalue weighted by Gasteiger charge is 2.01. The van der Waals surface area contributed by atoms with Crippen molar-refractivity contribution in [3.05, 3.63) is 33.0 Å². The maximum absolute atomic E-state index is 12.5. The van der Waals surface area contributed by atoms with Crippen molar-refractivity contribution < 1.29 is 4.39 Å². The molecule has 0 aliphatic rings. The van der Waals surface area contributed by atoms with Crippen LogP contribution in [-0.2, 0) is 0 Å². The van der Waals surface area contributed by atoms with Gasteiger partial charge in [0, 0.05) is 9.50 Å². The van der Waals surface area contributed by atoms with E-state index < -0.39 is 0 Å². The van der Waals surface area contributed by atoms with E-state index in [-0.39, 0.29) is 5.82 Å². The quantitative estimate of drug-likeness (QED) is 0.631. The Morgan fingerprint density at radius 2 is 2.10 bits per heavy atom. The minimum absolute atomic E-state index is 0.317. The predicted molar refractivity (Wildman–Crippen MR) is 43.8 cm³/mol. The Morgan fingerprint density at radius 1 is 1.50 bits per heavy atom. The predicted octanol–water partition coefficient (Wildman–Crippen LogP) is 3.55. The fourth-order valence-electron chi connectivity index (χ4n) is 0.614. The van der Waals surface area contributed by atoms with Gasteiger partial charge >= 0.3 is 0 Å². The second kappa shape index (κ2) is 2.89. The standard InChI is InChI=1S/C7H5BrClF/c1-4-6(8)2-5(10)3-7(4)9/h2-3H,1H3. The Morgan fingerprint density at radius 3 is 2.60 bits per heavy atom. The summed E-state index contributed by atoms with van der Waals surface area (Å²) in [6.07, 6.45) is 0. The highest BCUT2D eigenvalue weighted by molar-refractivity contribution is 9.10. The summed E-state index contributed by atoms with van der Waals surface area (Å²) >= 11 is 8.82. The van der Waals surface area contributed by atoms with Crippen LogP contribution in [-0.4, -0.2) is 0 Å². The summed E-state index contributed by atoms with van der Waals surface area (Å²) in [5, 5.41) is 0.451. The number of hydrogen-bond acceptors (Lipinski definition) is 0. The molecule has 0 aliphatic heterocycles. The van der Waals surface area contributed by atoms with Crippen LogP contribution in [0.4, 0.5) is 4.39 Å². The molecule has 0 N–H and O–H groups in total. The van der Waals surface area contributed by atoms with Crippen LogP contribution < -0.4 is 0 Å². The van der Waals surface area contributed by atoms with Crippen molar-refractivity contribution in [2.75, 3.05) is 0 Å². The van der Waals surface area contributed by atoms with Crippen LogP contribution in [0.2, 0.25) is 5.02 Å². The zero-order chi connectivity index (χ0) is 7.72. The van der Waals surface area contributed by atoms with Gasteiger partial charge in [-0.2, -0.15) is 0 Å². The normalized spacial score (nSPS) is 10.0. The molecule has 54 valence electrons. The van der Waals surface area contributed by atoms with Crippen LogP contribution >= 0.6 is 27.5 Å². The van der Waals surface area contributed by atoms with Gasteiger partial charge in [-0.05, 0) is 24.6 Å². The molecule has 0 heterocycles. The molecule has 0 radical (unpaired) electrons. The lowest BCUT2D eigenvalue weighted by molar-refractivity contribution is 0.626. The van der Waals surface area contributed by atoms with Gasteiger partial charge < -0.3 is 0 Å². The average molecular weight is 223 g/mol. The Kier molecular flexibility index (Phi) is 2.32. The van der Waals surface area contributed by atoms with Gasteiger partial charge in [0.15, 0.2) is 0 Å². The van der Waals surface area contributed by atoms with Gasteiger partial charge in [0.2, 0.25) is 0 Å². The van der Waals surface area contributed by atoms with Crippen molar-refractivity contribution in [3.8, 4) is 0 Å². The fourth-order valence-corrected chi connectivity index (χ4v) is 1.37. The molecule has 1 aromatic carbocycles. The largest absolute Gasteiger partial charge is 0.207 e. The SMILES string of the molecule is Cc1c(Cl)cc(F)cc1Br. The highest BCUT2D eigenvalue weighted by atomic mass is 79.9. The molecule has 0 unspecified atom stereocenters. The Hall–Kier alpha value is -0.0800. The van der Waals surface area contributed by atoms with Gasteiger partial charge in [-0.15, -0.1) is 0 Å². The highest BCUT2D eigenvalue weighted by Crippen LogP contribution is 2.24. The van der Waals surface area contributed by atoms with Crippen molar-refractivity contribution in [2.45, 2.75) is 6.92 Å². The van der Waals surface area contributed by atoms with Crippen molar-refractivity contribution in [1.82, 2.24) is 0 Å². The molecular weight excluding hydrogens is 218 g/mol. The molecule has 0 fully saturated rings. The van der Waals surface area contributed by atoms with E-state index in [9.17, 15) is 4.39 Å². The molecule has 1 rings (SSSR count). The molecule has 0 saturated carbocycles. The third kappa shape index (κ3) is 1.50. The van der Waals surface area contributed by atoms with Gasteiger partial charge in [0.25, 0.3) is 0 Å². The monoisotopic (exact) mass is 222 g/mol. The minimum Gasteiger partial charge on any atom is -0.207 e. The molecule has 0 aromatic heterocycles. The van der Waals surface area contributed by atoms with Crippen molar-refractivity contribution in [1.29, 1.82) is 0 Å². The van der Waals surface area contributed by atoms with Crippen molar-refractivity contribution in [3.63, 3.8) is 0 Å². The Balaban J connectivity index is 3.31. The summed E-state index contributed by atoms with van der Waals surface area (Å²) in [7, 11) is 0. The smallest absolute Gasteiger partial charge is 0.125 e. The number of halogens is 3. The van der Waals surface area contributed by atoms with Crippen LogP contribution in [0.25, 0.3) is 0 Å². The molecule has 0 bridgehead atoms. The lowest BCUT2D eigenvalue weighted by Crippen LogP contribution is -1.80. The van der Waals surface area contributed by atoms with E-state index in [0.717, 1.165) is 5.56 Å². The van der Waals surface area contributed by atoms with E-state index in [0.29, 0.717) is 9.50 Å². The first kappa shape index (κ1) is 8.02. The first-order chi connectivity index (χ1) is 4.61. The molecule has 10 heavy (non-hydrogen) atoms. The molecule has 0 atom stereocenters. The van der Waals surface area contributed by atoms with E-state index >= 15 is 0 Å². The number of hydrogen-bond donors (Lipinski definition) is 0. The third-order valence-corrected chi connectivity index (χ3v) is 2.46. The van der Waals surface area contributed by atoms with E-state index in [2.05, 4.69) is 15.9 Å². The van der Waals surface area contributed by atoms with E-state index in [4.69, 9.17) is 11.6 Å². The Bertz CT molecular complexity index is 237. The van der Waals surface area contributed by atoms with Gasteiger partial charge in [-0.3, -0.25) is 0 Å². The van der Waals surface area contributed by atoms with Gasteiger partial charge in [0.05, 0.1) is 0 Å². The fraction of sp³-hybridized carbons (Fsp3) is 0.143. The zero-order valence-electron chi connectivity index (χ0n) is 5.29. The number of rotatable bonds is 0. The zero-order valence-corrected chi connectivity index (χ0v) is 7.63. The van der Waals surface area contributed by atoms with Crippen LogP contribution in [0.1, 0.15) is 5.56 Å². The average Bonchev–Trinajstić information content (AvgIpc) is 1.82. The Labute approximate surface area is 72.1 Å². The molecular formula is C7H5BrClF. The molecule has 3 heteroatoms. The third-order valence-electron chi connectivity index (χ3n) is 1.25. The molecule has 0 nitrogen and oxygen atoms in total. The van der Waals surface area contributed by atoms with E-state index in [1.54, 1.807) is 0 Å². The second-order valence-corrected chi connectivity index (χ2v) is 3.26. The lowest BCUT2D eigenvalue weighted by atomic mass is 10.2. The van der Waals surface area contributed by atoms with Crippen LogP contribution in [0.5, 0.6) is 0 Å². The van der Waals surface area contributed by atoms with Crippen molar-refractivity contribution in [2.24, 2.45) is 0 Å². The van der Waals surface area contributed by atoms with E-state index in [1.807, 2.05) is 6.92 Å². The lowest BCUT2D eigenvalue weighted by Gasteiger charge is -1.99. The molecule has 1 aromatic rings. The summed E-state index contributed by atoms with van der Waals surface area (Å²) in [6.45, 7) is 1.83. The summed E-state index contributed by atoms with van der Waals surface area (Å²) in [5.74, 6) is -0.317. The summed E-state index contributed by atoms with van der Waals surface area (Å²) in [6, 6.07) is 2.68. The molecule has 0 saturated heterocycles. The van der Waals surface area contributed by atoms with Gasteiger partial charge in [0.1, 0.15) is 5.82 Å². The van der Waals surface area contributed by atoms with Crippen LogP contribution in [0, 0.1) is 12.7 Å². The van der Waals surface area contributed by atoms with E-state index in [1.165, 1.54) is 12.1 Å². The summed E-state index contributed by atoms with van der Waals surface area (Å²) in [4.78, 5) is 0. The van der Waals surface area contributed by atoms with Gasteiger partial charge in [-0.25, -0.2) is 4.39 Å². The van der Waals surface area contributed by atoms with Crippen LogP contribution in [0.15, 0.2) is 16.6 Å². The minimum atomic E-state index is -0.317. The second-order valence-electron chi connectivity index (χ2n) is 1.99. The first-order valence-electron chi connectivity index (χ1n) is 2.72. The topological polar surface area (TPSA) is 0 Å². The molecule has 0 aliphatic carbocycles. The summed E-state index contributed by atoms with van der Waals surface area (Å²) < 4.78 is 13.2. The van der Waals surface area contributed by atoms with Gasteiger partial charge in [-0.1, -0.05) is 27.5 Å². The maximum Gasteiger partial charge on any atom is 0.125 e. The summed E-state index contributed by atoms with van der Waals surface area (Å²) in [5.41, 5.74) is 0.864. The number of benzene rings is 1. The molecule has 0 amide bonds. The van der Waals surface area contributed by atoms with Crippen molar-refractivity contribution >= 4 is 27.5 Å². The van der Waals surface area contributed by atoms with Crippen LogP contribution in [0.3, 0.4) is 0 Å². The first-order valence-corrected chi connectivity index (χ1v) is 3.89.